The van der Waals surface area contributed by atoms with Gasteiger partial charge in [-0.15, -0.1) is 6.58 Å². The van der Waals surface area contributed by atoms with Crippen LogP contribution in [0.15, 0.2) is 40.7 Å². The van der Waals surface area contributed by atoms with E-state index in [1.807, 2.05) is 26.8 Å². The zero-order valence-electron chi connectivity index (χ0n) is 16.1. The topological polar surface area (TPSA) is 66.7 Å². The minimum absolute atomic E-state index is 0.174. The Morgan fingerprint density at radius 1 is 1.39 bits per heavy atom. The first-order valence-electron chi connectivity index (χ1n) is 8.95. The summed E-state index contributed by atoms with van der Waals surface area (Å²) in [5.41, 5.74) is 1.55. The molecule has 0 aliphatic carbocycles. The van der Waals surface area contributed by atoms with Gasteiger partial charge < -0.3 is 5.32 Å². The van der Waals surface area contributed by atoms with Crippen molar-refractivity contribution >= 4 is 51.7 Å². The fourth-order valence-electron chi connectivity index (χ4n) is 2.90. The zero-order chi connectivity index (χ0) is 20.4. The van der Waals surface area contributed by atoms with Crippen molar-refractivity contribution in [2.75, 3.05) is 18.4 Å². The molecule has 3 rings (SSSR count). The number of hydrogen-bond acceptors (Lipinski definition) is 6. The number of aryl methyl sites for hydroxylation is 1. The van der Waals surface area contributed by atoms with Crippen LogP contribution < -0.4 is 10.9 Å². The van der Waals surface area contributed by atoms with Gasteiger partial charge in [-0.05, 0) is 30.5 Å². The van der Waals surface area contributed by atoms with Gasteiger partial charge in [0.05, 0.1) is 10.5 Å². The molecule has 0 radical (unpaired) electrons. The third-order valence-corrected chi connectivity index (χ3v) is 5.57. The van der Waals surface area contributed by atoms with E-state index in [1.165, 1.54) is 16.2 Å². The van der Waals surface area contributed by atoms with Crippen molar-refractivity contribution in [1.82, 2.24) is 14.3 Å². The molecule has 0 spiro atoms. The molecule has 0 atom stereocenters. The van der Waals surface area contributed by atoms with Gasteiger partial charge in [-0.2, -0.15) is 0 Å². The second kappa shape index (κ2) is 8.28. The molecule has 2 aromatic heterocycles. The highest BCUT2D eigenvalue weighted by Crippen LogP contribution is 2.33. The molecule has 0 saturated carbocycles. The molecule has 0 aromatic carbocycles. The van der Waals surface area contributed by atoms with Gasteiger partial charge >= 0.3 is 0 Å². The predicted molar refractivity (Wildman–Crippen MR) is 120 cm³/mol. The fraction of sp³-hybridized carbons (Fsp3) is 0.300. The maximum Gasteiger partial charge on any atom is 0.267 e. The molecule has 1 fully saturated rings. The lowest BCUT2D eigenvalue weighted by molar-refractivity contribution is -0.122. The summed E-state index contributed by atoms with van der Waals surface area (Å²) in [5.74, 6) is 0.544. The summed E-state index contributed by atoms with van der Waals surface area (Å²) in [7, 11) is 0. The molecule has 8 heteroatoms. The maximum atomic E-state index is 13.1. The van der Waals surface area contributed by atoms with E-state index in [0.717, 1.165) is 5.56 Å². The van der Waals surface area contributed by atoms with Crippen LogP contribution in [0.3, 0.4) is 0 Å². The van der Waals surface area contributed by atoms with Crippen LogP contribution in [0, 0.1) is 12.8 Å². The number of amides is 1. The molecular formula is C20H22N4O2S2. The molecule has 3 heterocycles. The molecule has 146 valence electrons. The normalized spacial score (nSPS) is 15.9. The third kappa shape index (κ3) is 3.88. The van der Waals surface area contributed by atoms with Crippen LogP contribution in [-0.4, -0.2) is 37.6 Å². The summed E-state index contributed by atoms with van der Waals surface area (Å²) in [6, 6.07) is 3.70. The lowest BCUT2D eigenvalue weighted by atomic mass is 10.2. The molecule has 28 heavy (non-hydrogen) atoms. The highest BCUT2D eigenvalue weighted by molar-refractivity contribution is 8.26. The van der Waals surface area contributed by atoms with Gasteiger partial charge in [0, 0.05) is 19.3 Å². The molecule has 1 amide bonds. The van der Waals surface area contributed by atoms with Crippen LogP contribution in [0.2, 0.25) is 0 Å². The van der Waals surface area contributed by atoms with Crippen molar-refractivity contribution in [1.29, 1.82) is 0 Å². The van der Waals surface area contributed by atoms with Gasteiger partial charge in [-0.3, -0.25) is 18.9 Å². The number of nitrogens with one attached hydrogen (secondary N) is 1. The predicted octanol–water partition coefficient (Wildman–Crippen LogP) is 3.46. The van der Waals surface area contributed by atoms with E-state index in [-0.39, 0.29) is 11.5 Å². The monoisotopic (exact) mass is 414 g/mol. The first-order valence-corrected chi connectivity index (χ1v) is 10.2. The Balaban J connectivity index is 2.14. The Morgan fingerprint density at radius 3 is 2.82 bits per heavy atom. The molecule has 1 saturated heterocycles. The van der Waals surface area contributed by atoms with Gasteiger partial charge in [0.1, 0.15) is 15.8 Å². The maximum absolute atomic E-state index is 13.1. The molecular weight excluding hydrogens is 392 g/mol. The van der Waals surface area contributed by atoms with Gasteiger partial charge in [0.15, 0.2) is 0 Å². The highest BCUT2D eigenvalue weighted by Gasteiger charge is 2.32. The van der Waals surface area contributed by atoms with Crippen molar-refractivity contribution in [2.24, 2.45) is 5.92 Å². The Morgan fingerprint density at radius 2 is 2.14 bits per heavy atom. The molecule has 0 bridgehead atoms. The summed E-state index contributed by atoms with van der Waals surface area (Å²) in [5, 5.41) is 3.11. The van der Waals surface area contributed by atoms with Crippen LogP contribution in [0.25, 0.3) is 11.7 Å². The van der Waals surface area contributed by atoms with E-state index in [2.05, 4.69) is 16.9 Å². The molecule has 1 aliphatic heterocycles. The quantitative estimate of drug-likeness (QED) is 0.444. The summed E-state index contributed by atoms with van der Waals surface area (Å²) in [6.45, 7) is 10.7. The Kier molecular flexibility index (Phi) is 6.00. The van der Waals surface area contributed by atoms with E-state index in [4.69, 9.17) is 12.2 Å². The minimum atomic E-state index is -0.241. The molecule has 1 aliphatic rings. The standard InChI is InChI=1S/C20H22N4O2S2/c1-5-8-21-16-14(18(25)23-9-6-7-13(4)17(23)22-16)10-15-19(26)24(11-12(2)3)20(27)28-15/h5-7,9-10,12,21H,1,8,11H2,2-4H3. The SMILES string of the molecule is C=CCNc1nc2c(C)cccn2c(=O)c1C=C1SC(=S)N(CC(C)C)C1=O. The van der Waals surface area contributed by atoms with E-state index in [0.29, 0.717) is 45.3 Å². The number of carbonyl (C=O) groups is 1. The zero-order valence-corrected chi connectivity index (χ0v) is 17.7. The average molecular weight is 415 g/mol. The Labute approximate surface area is 173 Å². The lowest BCUT2D eigenvalue weighted by Crippen LogP contribution is -2.31. The Hall–Kier alpha value is -2.45. The number of anilines is 1. The van der Waals surface area contributed by atoms with Crippen LogP contribution in [0.1, 0.15) is 25.0 Å². The number of carbonyl (C=O) groups excluding carboxylic acids is 1. The van der Waals surface area contributed by atoms with E-state index in [1.54, 1.807) is 29.3 Å². The summed E-state index contributed by atoms with van der Waals surface area (Å²) >= 11 is 6.57. The number of thiocarbonyl (C=S) groups is 1. The highest BCUT2D eigenvalue weighted by atomic mass is 32.2. The van der Waals surface area contributed by atoms with Crippen LogP contribution in [0.5, 0.6) is 0 Å². The van der Waals surface area contributed by atoms with Crippen molar-refractivity contribution in [3.63, 3.8) is 0 Å². The van der Waals surface area contributed by atoms with E-state index >= 15 is 0 Å². The second-order valence-corrected chi connectivity index (χ2v) is 8.60. The summed E-state index contributed by atoms with van der Waals surface area (Å²) in [6.07, 6.45) is 4.96. The number of hydrogen-bond donors (Lipinski definition) is 1. The molecule has 6 nitrogen and oxygen atoms in total. The number of aromatic nitrogens is 2. The molecule has 2 aromatic rings. The first-order chi connectivity index (χ1) is 13.3. The molecule has 0 unspecified atom stereocenters. The van der Waals surface area contributed by atoms with Gasteiger partial charge in [-0.25, -0.2) is 4.98 Å². The summed E-state index contributed by atoms with van der Waals surface area (Å²) in [4.78, 5) is 32.6. The molecule has 1 N–H and O–H groups in total. The van der Waals surface area contributed by atoms with Gasteiger partial charge in [0.25, 0.3) is 11.5 Å². The van der Waals surface area contributed by atoms with Crippen molar-refractivity contribution in [3.05, 3.63) is 57.4 Å². The average Bonchev–Trinajstić information content (AvgIpc) is 2.90. The van der Waals surface area contributed by atoms with E-state index < -0.39 is 0 Å². The van der Waals surface area contributed by atoms with Crippen LogP contribution >= 0.6 is 24.0 Å². The number of thioether (sulfide) groups is 1. The second-order valence-electron chi connectivity index (χ2n) is 6.92. The number of pyridine rings is 1. The van der Waals surface area contributed by atoms with Crippen molar-refractivity contribution in [2.45, 2.75) is 20.8 Å². The van der Waals surface area contributed by atoms with Crippen LogP contribution in [-0.2, 0) is 4.79 Å². The first kappa shape index (κ1) is 20.3. The lowest BCUT2D eigenvalue weighted by Gasteiger charge is -2.16. The van der Waals surface area contributed by atoms with Crippen LogP contribution in [0.4, 0.5) is 5.82 Å². The third-order valence-electron chi connectivity index (χ3n) is 4.19. The summed E-state index contributed by atoms with van der Waals surface area (Å²) < 4.78 is 2.00. The fourth-order valence-corrected chi connectivity index (χ4v) is 4.16. The van der Waals surface area contributed by atoms with Crippen molar-refractivity contribution in [3.8, 4) is 0 Å². The minimum Gasteiger partial charge on any atom is -0.366 e. The van der Waals surface area contributed by atoms with Crippen molar-refractivity contribution < 1.29 is 4.79 Å². The Bertz CT molecular complexity index is 1060. The largest absolute Gasteiger partial charge is 0.366 e. The smallest absolute Gasteiger partial charge is 0.267 e. The number of rotatable bonds is 6. The number of fused-ring (bicyclic) bond motifs is 1. The number of nitrogens with zero attached hydrogens (tertiary/aromatic N) is 3. The van der Waals surface area contributed by atoms with Gasteiger partial charge in [-0.1, -0.05) is 50.0 Å². The van der Waals surface area contributed by atoms with Gasteiger partial charge in [0.2, 0.25) is 0 Å². The van der Waals surface area contributed by atoms with E-state index in [9.17, 15) is 9.59 Å².